The molecule has 1 N–H and O–H groups in total. The fraction of sp³-hybridized carbons (Fsp3) is 0.500. The lowest BCUT2D eigenvalue weighted by Crippen LogP contribution is -2.13. The van der Waals surface area contributed by atoms with Crippen LogP contribution in [0, 0.1) is 0 Å². The highest BCUT2D eigenvalue weighted by molar-refractivity contribution is 6.55. The number of hydrogen-bond donors (Lipinski definition) is 1. The molecule has 1 aliphatic rings. The Kier molecular flexibility index (Phi) is 3.65. The Bertz CT molecular complexity index is 229. The quantitative estimate of drug-likeness (QED) is 0.664. The van der Waals surface area contributed by atoms with Gasteiger partial charge in [0, 0.05) is 13.5 Å². The molecule has 0 aliphatic carbocycles. The first-order chi connectivity index (χ1) is 6.15. The standard InChI is InChI=1S/C8H12BFO3/c1-6-5-13-9(11)7(6)3-4-8(10)12-2/h3,8,11H,1,4-5H2,2H3/b7-3+. The summed E-state index contributed by atoms with van der Waals surface area (Å²) >= 11 is 0. The molecule has 0 saturated carbocycles. The molecule has 0 aromatic heterocycles. The Morgan fingerprint density at radius 1 is 1.92 bits per heavy atom. The van der Waals surface area contributed by atoms with E-state index in [-0.39, 0.29) is 6.42 Å². The molecular formula is C8H12BFO3. The highest BCUT2D eigenvalue weighted by atomic mass is 19.1. The zero-order valence-electron chi connectivity index (χ0n) is 7.50. The van der Waals surface area contributed by atoms with E-state index in [1.165, 1.54) is 7.11 Å². The van der Waals surface area contributed by atoms with Gasteiger partial charge in [-0.15, -0.1) is 0 Å². The minimum Gasteiger partial charge on any atom is -0.423 e. The van der Waals surface area contributed by atoms with Crippen LogP contribution in [0.3, 0.4) is 0 Å². The zero-order valence-corrected chi connectivity index (χ0v) is 7.50. The zero-order chi connectivity index (χ0) is 9.84. The predicted octanol–water partition coefficient (Wildman–Crippen LogP) is 0.851. The second kappa shape index (κ2) is 4.55. The number of methoxy groups -OCH3 is 1. The van der Waals surface area contributed by atoms with Gasteiger partial charge in [0.15, 0.2) is 0 Å². The average Bonchev–Trinajstić information content (AvgIpc) is 2.43. The molecule has 0 bridgehead atoms. The highest BCUT2D eigenvalue weighted by Gasteiger charge is 2.28. The average molecular weight is 186 g/mol. The third kappa shape index (κ3) is 2.65. The Morgan fingerprint density at radius 2 is 2.62 bits per heavy atom. The number of hydrogen-bond acceptors (Lipinski definition) is 3. The van der Waals surface area contributed by atoms with Gasteiger partial charge < -0.3 is 14.4 Å². The lowest BCUT2D eigenvalue weighted by molar-refractivity contribution is -0.00160. The summed E-state index contributed by atoms with van der Waals surface area (Å²) in [7, 11) is 0.330. The van der Waals surface area contributed by atoms with E-state index in [1.807, 2.05) is 0 Å². The molecule has 1 rings (SSSR count). The fourth-order valence-electron chi connectivity index (χ4n) is 1.09. The van der Waals surface area contributed by atoms with Crippen LogP contribution in [0.4, 0.5) is 4.39 Å². The fourth-order valence-corrected chi connectivity index (χ4v) is 1.09. The summed E-state index contributed by atoms with van der Waals surface area (Å²) in [5, 5.41) is 9.23. The topological polar surface area (TPSA) is 38.7 Å². The Labute approximate surface area is 77.0 Å². The number of halogens is 1. The van der Waals surface area contributed by atoms with E-state index in [0.29, 0.717) is 17.7 Å². The molecule has 72 valence electrons. The molecule has 3 nitrogen and oxygen atoms in total. The van der Waals surface area contributed by atoms with Crippen molar-refractivity contribution in [2.75, 3.05) is 13.7 Å². The smallest absolute Gasteiger partial charge is 0.423 e. The van der Waals surface area contributed by atoms with E-state index in [1.54, 1.807) is 6.08 Å². The van der Waals surface area contributed by atoms with Crippen molar-refractivity contribution >= 4 is 7.12 Å². The van der Waals surface area contributed by atoms with Gasteiger partial charge in [0.2, 0.25) is 6.36 Å². The van der Waals surface area contributed by atoms with Gasteiger partial charge in [0.1, 0.15) is 0 Å². The third-order valence-corrected chi connectivity index (χ3v) is 1.87. The Morgan fingerprint density at radius 3 is 3.08 bits per heavy atom. The van der Waals surface area contributed by atoms with Crippen molar-refractivity contribution in [1.29, 1.82) is 0 Å². The second-order valence-corrected chi connectivity index (χ2v) is 2.81. The van der Waals surface area contributed by atoms with Crippen LogP contribution in [-0.4, -0.2) is 32.2 Å². The Hall–Kier alpha value is -0.645. The van der Waals surface area contributed by atoms with Crippen LogP contribution in [0.25, 0.3) is 0 Å². The minimum atomic E-state index is -1.34. The van der Waals surface area contributed by atoms with Gasteiger partial charge in [-0.3, -0.25) is 0 Å². The molecule has 1 unspecified atom stereocenters. The first-order valence-corrected chi connectivity index (χ1v) is 4.00. The molecule has 0 aromatic carbocycles. The molecule has 1 saturated heterocycles. The number of rotatable bonds is 3. The van der Waals surface area contributed by atoms with Crippen molar-refractivity contribution < 1.29 is 18.8 Å². The molecule has 5 heteroatoms. The van der Waals surface area contributed by atoms with Crippen molar-refractivity contribution in [1.82, 2.24) is 0 Å². The van der Waals surface area contributed by atoms with Crippen LogP contribution in [-0.2, 0) is 9.39 Å². The normalized spacial score (nSPS) is 22.8. The van der Waals surface area contributed by atoms with E-state index < -0.39 is 13.5 Å². The number of ether oxygens (including phenoxy) is 1. The van der Waals surface area contributed by atoms with Gasteiger partial charge in [-0.25, -0.2) is 4.39 Å². The first kappa shape index (κ1) is 10.4. The highest BCUT2D eigenvalue weighted by Crippen LogP contribution is 2.20. The SMILES string of the molecule is C=C1COB(O)/C1=C/CC(F)OC. The van der Waals surface area contributed by atoms with E-state index in [2.05, 4.69) is 11.3 Å². The lowest BCUT2D eigenvalue weighted by atomic mass is 9.77. The van der Waals surface area contributed by atoms with Crippen molar-refractivity contribution in [2.45, 2.75) is 12.8 Å². The molecular weight excluding hydrogens is 174 g/mol. The van der Waals surface area contributed by atoms with Crippen LogP contribution in [0.2, 0.25) is 0 Å². The van der Waals surface area contributed by atoms with Gasteiger partial charge >= 0.3 is 7.12 Å². The molecule has 0 radical (unpaired) electrons. The molecule has 1 fully saturated rings. The van der Waals surface area contributed by atoms with Gasteiger partial charge in [0.05, 0.1) is 6.61 Å². The molecule has 1 aliphatic heterocycles. The van der Waals surface area contributed by atoms with Crippen molar-refractivity contribution in [3.8, 4) is 0 Å². The predicted molar refractivity (Wildman–Crippen MR) is 47.7 cm³/mol. The largest absolute Gasteiger partial charge is 0.491 e. The van der Waals surface area contributed by atoms with Crippen LogP contribution < -0.4 is 0 Å². The van der Waals surface area contributed by atoms with Gasteiger partial charge in [-0.1, -0.05) is 12.7 Å². The van der Waals surface area contributed by atoms with Crippen molar-refractivity contribution in [3.05, 3.63) is 23.7 Å². The van der Waals surface area contributed by atoms with E-state index in [4.69, 9.17) is 4.65 Å². The summed E-state index contributed by atoms with van der Waals surface area (Å²) in [6, 6.07) is 0. The summed E-state index contributed by atoms with van der Waals surface area (Å²) in [5.41, 5.74) is 1.25. The van der Waals surface area contributed by atoms with Gasteiger partial charge in [-0.2, -0.15) is 0 Å². The van der Waals surface area contributed by atoms with Crippen LogP contribution >= 0.6 is 0 Å². The van der Waals surface area contributed by atoms with Crippen molar-refractivity contribution in [3.63, 3.8) is 0 Å². The maximum atomic E-state index is 12.6. The summed E-state index contributed by atoms with van der Waals surface area (Å²) in [5.74, 6) is 0. The molecule has 13 heavy (non-hydrogen) atoms. The van der Waals surface area contributed by atoms with Gasteiger partial charge in [-0.05, 0) is 11.0 Å². The molecule has 0 spiro atoms. The van der Waals surface area contributed by atoms with E-state index >= 15 is 0 Å². The van der Waals surface area contributed by atoms with Crippen LogP contribution in [0.15, 0.2) is 23.7 Å². The molecule has 0 amide bonds. The molecule has 0 aromatic rings. The van der Waals surface area contributed by atoms with Gasteiger partial charge in [0.25, 0.3) is 0 Å². The van der Waals surface area contributed by atoms with E-state index in [0.717, 1.165) is 0 Å². The maximum Gasteiger partial charge on any atom is 0.491 e. The molecule has 1 heterocycles. The third-order valence-electron chi connectivity index (χ3n) is 1.87. The monoisotopic (exact) mass is 186 g/mol. The second-order valence-electron chi connectivity index (χ2n) is 2.81. The summed E-state index contributed by atoms with van der Waals surface area (Å²) in [6.45, 7) is 3.98. The van der Waals surface area contributed by atoms with Crippen LogP contribution in [0.5, 0.6) is 0 Å². The minimum absolute atomic E-state index is 0.102. The van der Waals surface area contributed by atoms with E-state index in [9.17, 15) is 9.41 Å². The lowest BCUT2D eigenvalue weighted by Gasteiger charge is -2.03. The summed E-state index contributed by atoms with van der Waals surface area (Å²) < 4.78 is 21.9. The molecule has 1 atom stereocenters. The summed E-state index contributed by atoms with van der Waals surface area (Å²) in [4.78, 5) is 0. The Balaban J connectivity index is 2.54. The van der Waals surface area contributed by atoms with Crippen LogP contribution in [0.1, 0.15) is 6.42 Å². The summed E-state index contributed by atoms with van der Waals surface area (Å²) in [6.07, 6.45) is 0.313. The van der Waals surface area contributed by atoms with Crippen molar-refractivity contribution in [2.24, 2.45) is 0 Å². The number of alkyl halides is 1. The maximum absolute atomic E-state index is 12.6. The first-order valence-electron chi connectivity index (χ1n) is 4.00.